The molecule has 6 rings (SSSR count). The van der Waals surface area contributed by atoms with Crippen LogP contribution in [0.25, 0.3) is 34.4 Å². The van der Waals surface area contributed by atoms with Gasteiger partial charge in [0.2, 0.25) is 0 Å². The minimum Gasteiger partial charge on any atom is -0.0679 e. The van der Waals surface area contributed by atoms with Gasteiger partial charge in [-0.1, -0.05) is 186 Å². The Balaban J connectivity index is 1.53. The van der Waals surface area contributed by atoms with Crippen LogP contribution in [0.3, 0.4) is 0 Å². The molecule has 274 valence electrons. The van der Waals surface area contributed by atoms with E-state index >= 15 is 0 Å². The van der Waals surface area contributed by atoms with Crippen molar-refractivity contribution < 1.29 is 0 Å². The van der Waals surface area contributed by atoms with Crippen molar-refractivity contribution in [2.24, 2.45) is 0 Å². The fourth-order valence-corrected chi connectivity index (χ4v) is 14.6. The second-order valence-electron chi connectivity index (χ2n) is 21.1. The minimum absolute atomic E-state index is 0.0301. The van der Waals surface area contributed by atoms with Gasteiger partial charge in [-0.15, -0.1) is 0 Å². The lowest BCUT2D eigenvalue weighted by atomic mass is 9.75. The van der Waals surface area contributed by atoms with Crippen LogP contribution < -0.4 is 0 Å². The molecule has 2 aliphatic rings. The Morgan fingerprint density at radius 3 is 1.48 bits per heavy atom. The zero-order chi connectivity index (χ0) is 38.5. The lowest BCUT2D eigenvalue weighted by Gasteiger charge is -2.40. The van der Waals surface area contributed by atoms with E-state index in [2.05, 4.69) is 196 Å². The predicted octanol–water partition coefficient (Wildman–Crippen LogP) is 15.0. The van der Waals surface area contributed by atoms with E-state index < -0.39 is 8.07 Å². The standard InChI is InChI=1S/C51H66Si/c1-31-25-41-39(34-21-23-36(24-22-34)48(4,5)6)19-18-20-40(41)46(31)52(16,17)47-32(2)26-42-43(47)30-44(51(13,14)15)33(3)45(42)35-27-37(49(7,8)9)29-38(28-35)50(10,11)12/h18-30,46-47H,1-17H3. The predicted molar refractivity (Wildman–Crippen MR) is 234 cm³/mol. The Kier molecular flexibility index (Phi) is 9.27. The number of fused-ring (bicyclic) bond motifs is 2. The summed E-state index contributed by atoms with van der Waals surface area (Å²) in [6.07, 6.45) is 5.12. The van der Waals surface area contributed by atoms with Gasteiger partial charge in [-0.2, -0.15) is 0 Å². The second kappa shape index (κ2) is 12.6. The first-order chi connectivity index (χ1) is 23.8. The molecule has 0 heterocycles. The van der Waals surface area contributed by atoms with Crippen molar-refractivity contribution >= 4 is 20.2 Å². The van der Waals surface area contributed by atoms with Gasteiger partial charge in [0.05, 0.1) is 8.07 Å². The molecular formula is C51H66Si. The molecule has 2 atom stereocenters. The summed E-state index contributed by atoms with van der Waals surface area (Å²) >= 11 is 0. The zero-order valence-electron chi connectivity index (χ0n) is 35.7. The third kappa shape index (κ3) is 6.65. The summed E-state index contributed by atoms with van der Waals surface area (Å²) < 4.78 is 0. The minimum atomic E-state index is -2.07. The summed E-state index contributed by atoms with van der Waals surface area (Å²) in [6.45, 7) is 40.8. The number of benzene rings is 4. The van der Waals surface area contributed by atoms with E-state index in [0.717, 1.165) is 0 Å². The van der Waals surface area contributed by atoms with E-state index in [1.807, 2.05) is 0 Å². The van der Waals surface area contributed by atoms with Crippen LogP contribution >= 0.6 is 0 Å². The van der Waals surface area contributed by atoms with Crippen LogP contribution in [0.2, 0.25) is 13.1 Å². The molecule has 4 aromatic carbocycles. The smallest absolute Gasteiger partial charge is 0.0679 e. The first kappa shape index (κ1) is 38.3. The molecule has 1 heteroatoms. The summed E-state index contributed by atoms with van der Waals surface area (Å²) in [7, 11) is -2.07. The molecule has 0 nitrogen and oxygen atoms in total. The highest BCUT2D eigenvalue weighted by molar-refractivity contribution is 6.81. The van der Waals surface area contributed by atoms with E-state index in [4.69, 9.17) is 0 Å². The quantitative estimate of drug-likeness (QED) is 0.185. The molecule has 0 saturated heterocycles. The van der Waals surface area contributed by atoms with Crippen LogP contribution in [-0.2, 0) is 21.7 Å². The van der Waals surface area contributed by atoms with Crippen LogP contribution in [0.4, 0.5) is 0 Å². The van der Waals surface area contributed by atoms with Crippen molar-refractivity contribution in [3.05, 3.63) is 128 Å². The SMILES string of the molecule is CC1=Cc2c(-c3ccc(C(C)(C)C)cc3)cccc2C1[Si](C)(C)C1C(C)=Cc2c1cc(C(C)(C)C)c(C)c2-c1cc(C(C)(C)C)cc(C(C)(C)C)c1. The van der Waals surface area contributed by atoms with E-state index in [-0.39, 0.29) is 21.7 Å². The third-order valence-electron chi connectivity index (χ3n) is 12.4. The van der Waals surface area contributed by atoms with Crippen molar-refractivity contribution in [1.29, 1.82) is 0 Å². The summed E-state index contributed by atoms with van der Waals surface area (Å²) in [5, 5.41) is 0. The monoisotopic (exact) mass is 706 g/mol. The first-order valence-corrected chi connectivity index (χ1v) is 22.9. The van der Waals surface area contributed by atoms with Crippen molar-refractivity contribution in [2.75, 3.05) is 0 Å². The highest BCUT2D eigenvalue weighted by Gasteiger charge is 2.48. The Morgan fingerprint density at radius 1 is 0.481 bits per heavy atom. The summed E-state index contributed by atoms with van der Waals surface area (Å²) in [6, 6.07) is 26.6. The molecule has 2 unspecified atom stereocenters. The average Bonchev–Trinajstić information content (AvgIpc) is 3.54. The van der Waals surface area contributed by atoms with E-state index in [0.29, 0.717) is 11.1 Å². The normalized spacial score (nSPS) is 17.9. The van der Waals surface area contributed by atoms with Gasteiger partial charge in [0, 0.05) is 11.1 Å². The van der Waals surface area contributed by atoms with E-state index in [9.17, 15) is 0 Å². The Labute approximate surface area is 318 Å². The number of allylic oxidation sites excluding steroid dienone is 2. The molecule has 0 N–H and O–H groups in total. The molecule has 52 heavy (non-hydrogen) atoms. The second-order valence-corrected chi connectivity index (χ2v) is 25.9. The molecule has 0 radical (unpaired) electrons. The van der Waals surface area contributed by atoms with Gasteiger partial charge in [0.15, 0.2) is 0 Å². The maximum absolute atomic E-state index is 2.68. The maximum atomic E-state index is 2.68. The lowest BCUT2D eigenvalue weighted by Crippen LogP contribution is -2.42. The van der Waals surface area contributed by atoms with E-state index in [1.165, 1.54) is 77.9 Å². The van der Waals surface area contributed by atoms with Crippen LogP contribution in [0.1, 0.15) is 158 Å². The van der Waals surface area contributed by atoms with Gasteiger partial charge in [-0.05, 0) is 115 Å². The molecule has 4 aromatic rings. The van der Waals surface area contributed by atoms with Crippen LogP contribution in [0.15, 0.2) is 77.9 Å². The topological polar surface area (TPSA) is 0 Å². The van der Waals surface area contributed by atoms with Gasteiger partial charge in [-0.3, -0.25) is 0 Å². The van der Waals surface area contributed by atoms with Crippen molar-refractivity contribution in [3.63, 3.8) is 0 Å². The van der Waals surface area contributed by atoms with E-state index in [1.54, 1.807) is 5.56 Å². The van der Waals surface area contributed by atoms with Gasteiger partial charge in [0.25, 0.3) is 0 Å². The molecule has 0 aliphatic heterocycles. The number of hydrogen-bond acceptors (Lipinski definition) is 0. The van der Waals surface area contributed by atoms with Crippen LogP contribution in [-0.4, -0.2) is 8.07 Å². The summed E-state index contributed by atoms with van der Waals surface area (Å²) in [5.74, 6) is 0. The highest BCUT2D eigenvalue weighted by Crippen LogP contribution is 2.56. The van der Waals surface area contributed by atoms with Gasteiger partial charge in [0.1, 0.15) is 0 Å². The number of hydrogen-bond donors (Lipinski definition) is 0. The van der Waals surface area contributed by atoms with Crippen molar-refractivity contribution in [1.82, 2.24) is 0 Å². The van der Waals surface area contributed by atoms with Crippen molar-refractivity contribution in [2.45, 2.75) is 150 Å². The van der Waals surface area contributed by atoms with Crippen LogP contribution in [0, 0.1) is 6.92 Å². The van der Waals surface area contributed by atoms with Crippen molar-refractivity contribution in [3.8, 4) is 22.3 Å². The molecule has 0 amide bonds. The lowest BCUT2D eigenvalue weighted by molar-refractivity contribution is 0.569. The van der Waals surface area contributed by atoms with Gasteiger partial charge < -0.3 is 0 Å². The first-order valence-electron chi connectivity index (χ1n) is 19.8. The van der Waals surface area contributed by atoms with Gasteiger partial charge >= 0.3 is 0 Å². The maximum Gasteiger partial charge on any atom is 0.0722 e. The average molecular weight is 707 g/mol. The fraction of sp³-hybridized carbons (Fsp3) is 0.451. The van der Waals surface area contributed by atoms with Crippen LogP contribution in [0.5, 0.6) is 0 Å². The fourth-order valence-electron chi connectivity index (χ4n) is 9.66. The molecule has 2 aliphatic carbocycles. The summed E-state index contributed by atoms with van der Waals surface area (Å²) in [5.41, 5.74) is 22.9. The molecule has 0 aromatic heterocycles. The Morgan fingerprint density at radius 2 is 0.981 bits per heavy atom. The number of rotatable bonds is 4. The molecule has 0 fully saturated rings. The largest absolute Gasteiger partial charge is 0.0722 e. The molecule has 0 spiro atoms. The third-order valence-corrected chi connectivity index (χ3v) is 16.9. The molecule has 0 bridgehead atoms. The Bertz CT molecular complexity index is 2070. The molecule has 0 saturated carbocycles. The highest BCUT2D eigenvalue weighted by atomic mass is 28.3. The zero-order valence-corrected chi connectivity index (χ0v) is 36.7. The van der Waals surface area contributed by atoms with Gasteiger partial charge in [-0.25, -0.2) is 0 Å². The Hall–Kier alpha value is -3.42. The summed E-state index contributed by atoms with van der Waals surface area (Å²) in [4.78, 5) is 0. The molecular weight excluding hydrogens is 641 g/mol.